The number of hydrogen-bond acceptors (Lipinski definition) is 6. The fourth-order valence-corrected chi connectivity index (χ4v) is 6.84. The Bertz CT molecular complexity index is 1360. The standard InChI is InChI=1S/C59H96O6/c1-4-7-10-13-16-19-22-25-28-29-32-34-37-40-43-46-49-52-58(61)64-55-56(65-59(62)53-50-47-44-41-38-35-31-27-24-21-18-15-12-9-6-3)54-63-57(60)51-48-45-42-39-36-33-30-26-23-20-17-14-11-8-5-2/h7-8,10-11,16-17,19-20,25-28,30-32,34,40,43,56H,4-6,9,12-15,18,21-24,29,33,35-39,41-42,44-55H2,1-3H3/t56-/m1/s1. The molecule has 0 N–H and O–H groups in total. The molecule has 0 saturated heterocycles. The first-order chi connectivity index (χ1) is 32.0. The van der Waals surface area contributed by atoms with Gasteiger partial charge in [0.15, 0.2) is 6.10 Å². The quantitative estimate of drug-likeness (QED) is 0.0262. The number of carbonyl (C=O) groups is 3. The first kappa shape index (κ1) is 61.1. The molecule has 0 aliphatic carbocycles. The van der Waals surface area contributed by atoms with E-state index >= 15 is 0 Å². The van der Waals surface area contributed by atoms with Crippen LogP contribution in [0.1, 0.15) is 226 Å². The molecule has 6 heteroatoms. The Balaban J connectivity index is 4.53. The van der Waals surface area contributed by atoms with Crippen LogP contribution in [0.15, 0.2) is 109 Å². The molecule has 0 radical (unpaired) electrons. The molecule has 368 valence electrons. The van der Waals surface area contributed by atoms with Crippen molar-refractivity contribution in [3.05, 3.63) is 109 Å². The normalized spacial score (nSPS) is 13.0. The summed E-state index contributed by atoms with van der Waals surface area (Å²) < 4.78 is 16.7. The minimum Gasteiger partial charge on any atom is -0.462 e. The lowest BCUT2D eigenvalue weighted by Crippen LogP contribution is -2.30. The maximum Gasteiger partial charge on any atom is 0.306 e. The van der Waals surface area contributed by atoms with E-state index in [0.29, 0.717) is 19.3 Å². The van der Waals surface area contributed by atoms with E-state index in [-0.39, 0.29) is 37.5 Å². The number of esters is 3. The molecule has 1 atom stereocenters. The molecule has 0 aliphatic rings. The van der Waals surface area contributed by atoms with Crippen LogP contribution in [0.5, 0.6) is 0 Å². The van der Waals surface area contributed by atoms with Crippen LogP contribution in [0.25, 0.3) is 0 Å². The Labute approximate surface area is 400 Å². The molecule has 0 aromatic heterocycles. The fraction of sp³-hybridized carbons (Fsp3) is 0.644. The smallest absolute Gasteiger partial charge is 0.306 e. The van der Waals surface area contributed by atoms with Crippen LogP contribution in [0.3, 0.4) is 0 Å². The molecule has 65 heavy (non-hydrogen) atoms. The molecule has 0 aromatic carbocycles. The fourth-order valence-electron chi connectivity index (χ4n) is 6.84. The molecular weight excluding hydrogens is 805 g/mol. The highest BCUT2D eigenvalue weighted by atomic mass is 16.6. The van der Waals surface area contributed by atoms with Gasteiger partial charge in [-0.15, -0.1) is 0 Å². The van der Waals surface area contributed by atoms with Crippen molar-refractivity contribution in [2.24, 2.45) is 0 Å². The van der Waals surface area contributed by atoms with E-state index in [1.54, 1.807) is 0 Å². The number of carbonyl (C=O) groups excluding carboxylic acids is 3. The van der Waals surface area contributed by atoms with E-state index in [9.17, 15) is 14.4 Å². The van der Waals surface area contributed by atoms with Gasteiger partial charge in [0, 0.05) is 19.3 Å². The Morgan fingerprint density at radius 2 is 0.615 bits per heavy atom. The van der Waals surface area contributed by atoms with Gasteiger partial charge in [0.05, 0.1) is 0 Å². The first-order valence-electron chi connectivity index (χ1n) is 26.4. The number of rotatable bonds is 46. The van der Waals surface area contributed by atoms with Gasteiger partial charge in [0.1, 0.15) is 13.2 Å². The summed E-state index contributed by atoms with van der Waals surface area (Å²) in [5.74, 6) is -0.998. The second-order valence-corrected chi connectivity index (χ2v) is 17.0. The van der Waals surface area contributed by atoms with Crippen LogP contribution in [-0.2, 0) is 28.6 Å². The monoisotopic (exact) mass is 901 g/mol. The number of unbranched alkanes of at least 4 members (excludes halogenated alkanes) is 17. The van der Waals surface area contributed by atoms with Crippen LogP contribution in [0.4, 0.5) is 0 Å². The second-order valence-electron chi connectivity index (χ2n) is 17.0. The first-order valence-corrected chi connectivity index (χ1v) is 26.4. The highest BCUT2D eigenvalue weighted by molar-refractivity contribution is 5.71. The van der Waals surface area contributed by atoms with Gasteiger partial charge in [-0.2, -0.15) is 0 Å². The zero-order valence-corrected chi connectivity index (χ0v) is 42.0. The maximum atomic E-state index is 12.8. The Morgan fingerprint density at radius 1 is 0.323 bits per heavy atom. The van der Waals surface area contributed by atoms with E-state index in [0.717, 1.165) is 128 Å². The van der Waals surface area contributed by atoms with E-state index in [4.69, 9.17) is 14.2 Å². The second kappa shape index (κ2) is 52.7. The maximum absolute atomic E-state index is 12.8. The van der Waals surface area contributed by atoms with Crippen LogP contribution in [-0.4, -0.2) is 37.2 Å². The Hall–Kier alpha value is -3.93. The summed E-state index contributed by atoms with van der Waals surface area (Å²) in [6.45, 7) is 6.33. The van der Waals surface area contributed by atoms with Crippen molar-refractivity contribution in [2.75, 3.05) is 13.2 Å². The van der Waals surface area contributed by atoms with Gasteiger partial charge in [-0.3, -0.25) is 14.4 Å². The molecule has 0 aromatic rings. The van der Waals surface area contributed by atoms with Crippen molar-refractivity contribution in [1.29, 1.82) is 0 Å². The largest absolute Gasteiger partial charge is 0.462 e. The lowest BCUT2D eigenvalue weighted by atomic mass is 10.1. The van der Waals surface area contributed by atoms with Gasteiger partial charge < -0.3 is 14.2 Å². The van der Waals surface area contributed by atoms with Gasteiger partial charge >= 0.3 is 17.9 Å². The minimum atomic E-state index is -0.814. The van der Waals surface area contributed by atoms with Crippen molar-refractivity contribution in [3.63, 3.8) is 0 Å². The summed E-state index contributed by atoms with van der Waals surface area (Å²) in [7, 11) is 0. The summed E-state index contributed by atoms with van der Waals surface area (Å²) in [5.41, 5.74) is 0. The summed E-state index contributed by atoms with van der Waals surface area (Å²) in [4.78, 5) is 38.0. The van der Waals surface area contributed by atoms with E-state index < -0.39 is 6.10 Å². The van der Waals surface area contributed by atoms with E-state index in [2.05, 4.69) is 130 Å². The van der Waals surface area contributed by atoms with Gasteiger partial charge in [-0.25, -0.2) is 0 Å². The summed E-state index contributed by atoms with van der Waals surface area (Å²) in [5, 5.41) is 0. The number of allylic oxidation sites excluding steroid dienone is 18. The highest BCUT2D eigenvalue weighted by Gasteiger charge is 2.19. The minimum absolute atomic E-state index is 0.110. The Kier molecular flexibility index (Phi) is 49.5. The molecule has 0 aliphatic heterocycles. The molecule has 0 rings (SSSR count). The number of hydrogen-bond donors (Lipinski definition) is 0. The van der Waals surface area contributed by atoms with Gasteiger partial charge in [0.25, 0.3) is 0 Å². The van der Waals surface area contributed by atoms with Crippen molar-refractivity contribution in [3.8, 4) is 0 Å². The molecule has 0 heterocycles. The average molecular weight is 901 g/mol. The van der Waals surface area contributed by atoms with Crippen LogP contribution < -0.4 is 0 Å². The van der Waals surface area contributed by atoms with E-state index in [1.807, 2.05) is 0 Å². The topological polar surface area (TPSA) is 78.9 Å². The molecule has 0 unspecified atom stereocenters. The van der Waals surface area contributed by atoms with Crippen molar-refractivity contribution in [1.82, 2.24) is 0 Å². The predicted molar refractivity (Wildman–Crippen MR) is 279 cm³/mol. The van der Waals surface area contributed by atoms with Crippen LogP contribution in [0, 0.1) is 0 Å². The molecule has 6 nitrogen and oxygen atoms in total. The SMILES string of the molecule is CCC=CCC=CCC=CCC=CCC=CCCCC(=O)OC[C@@H](COC(=O)CCCCCCCC=CCC=CCC=CCC)OC(=O)CCCCCCCC=CCCCCCCCC. The lowest BCUT2D eigenvalue weighted by Gasteiger charge is -2.18. The predicted octanol–water partition coefficient (Wildman–Crippen LogP) is 17.5. The zero-order valence-electron chi connectivity index (χ0n) is 42.0. The zero-order chi connectivity index (χ0) is 47.2. The third kappa shape index (κ3) is 50.9. The average Bonchev–Trinajstić information content (AvgIpc) is 3.30. The molecule has 0 bridgehead atoms. The highest BCUT2D eigenvalue weighted by Crippen LogP contribution is 2.13. The van der Waals surface area contributed by atoms with Crippen molar-refractivity contribution < 1.29 is 28.6 Å². The number of ether oxygens (including phenoxy) is 3. The Morgan fingerprint density at radius 3 is 1.02 bits per heavy atom. The summed E-state index contributed by atoms with van der Waals surface area (Å²) >= 11 is 0. The molecule has 0 spiro atoms. The molecular formula is C59H96O6. The summed E-state index contributed by atoms with van der Waals surface area (Å²) in [6, 6.07) is 0. The third-order valence-electron chi connectivity index (χ3n) is 10.7. The summed E-state index contributed by atoms with van der Waals surface area (Å²) in [6.07, 6.45) is 70.7. The van der Waals surface area contributed by atoms with Gasteiger partial charge in [-0.05, 0) is 116 Å². The van der Waals surface area contributed by atoms with Crippen molar-refractivity contribution >= 4 is 17.9 Å². The molecule has 0 saturated carbocycles. The third-order valence-corrected chi connectivity index (χ3v) is 10.7. The van der Waals surface area contributed by atoms with Crippen LogP contribution >= 0.6 is 0 Å². The van der Waals surface area contributed by atoms with Crippen molar-refractivity contribution in [2.45, 2.75) is 232 Å². The van der Waals surface area contributed by atoms with Gasteiger partial charge in [-0.1, -0.05) is 201 Å². The van der Waals surface area contributed by atoms with E-state index in [1.165, 1.54) is 51.4 Å². The van der Waals surface area contributed by atoms with Crippen LogP contribution in [0.2, 0.25) is 0 Å². The van der Waals surface area contributed by atoms with Gasteiger partial charge in [0.2, 0.25) is 0 Å². The molecule has 0 fully saturated rings. The lowest BCUT2D eigenvalue weighted by molar-refractivity contribution is -0.167. The molecule has 0 amide bonds.